The maximum Gasteiger partial charge on any atom is 0.115 e. The molecule has 0 aliphatic carbocycles. The van der Waals surface area contributed by atoms with Gasteiger partial charge in [-0.25, -0.2) is 0 Å². The minimum absolute atomic E-state index is 0.232. The van der Waals surface area contributed by atoms with Crippen LogP contribution >= 0.6 is 0 Å². The van der Waals surface area contributed by atoms with Gasteiger partial charge < -0.3 is 10.2 Å². The maximum absolute atomic E-state index is 10.3. The fourth-order valence-electron chi connectivity index (χ4n) is 3.25. The number of benzene rings is 3. The summed E-state index contributed by atoms with van der Waals surface area (Å²) < 4.78 is 0. The summed E-state index contributed by atoms with van der Waals surface area (Å²) in [4.78, 5) is 0. The third kappa shape index (κ3) is 3.95. The van der Waals surface area contributed by atoms with Crippen molar-refractivity contribution in [2.24, 2.45) is 5.92 Å². The molecule has 3 rings (SSSR count). The van der Waals surface area contributed by atoms with Gasteiger partial charge in [0.15, 0.2) is 0 Å². The molecule has 2 atom stereocenters. The topological polar surface area (TPSA) is 40.5 Å². The van der Waals surface area contributed by atoms with Crippen LogP contribution in [-0.4, -0.2) is 10.2 Å². The van der Waals surface area contributed by atoms with Crippen LogP contribution in [0.2, 0.25) is 0 Å². The van der Waals surface area contributed by atoms with Crippen molar-refractivity contribution in [3.05, 3.63) is 77.9 Å². The molecule has 0 fully saturated rings. The lowest BCUT2D eigenvalue weighted by molar-refractivity contribution is 0.158. The fourth-order valence-corrected chi connectivity index (χ4v) is 3.25. The second kappa shape index (κ2) is 7.50. The van der Waals surface area contributed by atoms with Crippen molar-refractivity contribution in [2.45, 2.75) is 32.3 Å². The summed E-state index contributed by atoms with van der Waals surface area (Å²) >= 11 is 0. The van der Waals surface area contributed by atoms with E-state index in [0.29, 0.717) is 5.92 Å². The lowest BCUT2D eigenvalue weighted by Crippen LogP contribution is -2.04. The molecule has 2 heteroatoms. The van der Waals surface area contributed by atoms with E-state index >= 15 is 0 Å². The molecule has 2 N–H and O–H groups in total. The highest BCUT2D eigenvalue weighted by molar-refractivity contribution is 5.85. The molecule has 0 heterocycles. The molecule has 0 amide bonds. The number of fused-ring (bicyclic) bond motifs is 1. The number of aliphatic hydroxyl groups excluding tert-OH is 1. The minimum Gasteiger partial charge on any atom is -0.508 e. The Balaban J connectivity index is 1.61. The van der Waals surface area contributed by atoms with Gasteiger partial charge in [0.25, 0.3) is 0 Å². The SMILES string of the molecule is CC(CCC(O)c1ccc(O)cc1)Cc1cccc2ccccc12. The van der Waals surface area contributed by atoms with Crippen LogP contribution in [0.15, 0.2) is 66.7 Å². The zero-order valence-electron chi connectivity index (χ0n) is 14.0. The number of phenols is 1. The molecule has 3 aromatic carbocycles. The van der Waals surface area contributed by atoms with Crippen LogP contribution < -0.4 is 0 Å². The number of rotatable bonds is 6. The second-order valence-corrected chi connectivity index (χ2v) is 6.63. The summed E-state index contributed by atoms with van der Waals surface area (Å²) in [6.45, 7) is 2.24. The standard InChI is InChI=1S/C22H24O2/c1-16(9-14-22(24)18-10-12-20(23)13-11-18)15-19-7-4-6-17-5-2-3-8-21(17)19/h2-8,10-13,16,22-24H,9,14-15H2,1H3. The lowest BCUT2D eigenvalue weighted by atomic mass is 9.91. The van der Waals surface area contributed by atoms with Crippen LogP contribution in [0.5, 0.6) is 5.75 Å². The molecule has 0 radical (unpaired) electrons. The van der Waals surface area contributed by atoms with Gasteiger partial charge in [0.2, 0.25) is 0 Å². The van der Waals surface area contributed by atoms with Crippen LogP contribution in [0.25, 0.3) is 10.8 Å². The minimum atomic E-state index is -0.472. The van der Waals surface area contributed by atoms with Gasteiger partial charge in [0.05, 0.1) is 6.10 Å². The van der Waals surface area contributed by atoms with Gasteiger partial charge in [-0.2, -0.15) is 0 Å². The first-order valence-corrected chi connectivity index (χ1v) is 8.57. The average molecular weight is 320 g/mol. The third-order valence-electron chi connectivity index (χ3n) is 4.66. The quantitative estimate of drug-likeness (QED) is 0.652. The molecule has 3 aromatic rings. The summed E-state index contributed by atoms with van der Waals surface area (Å²) in [5.74, 6) is 0.734. The molecule has 124 valence electrons. The van der Waals surface area contributed by atoms with E-state index in [0.717, 1.165) is 24.8 Å². The molecule has 0 aromatic heterocycles. The largest absolute Gasteiger partial charge is 0.508 e. The molecule has 0 spiro atoms. The molecule has 2 unspecified atom stereocenters. The molecule has 24 heavy (non-hydrogen) atoms. The Hall–Kier alpha value is -2.32. The number of phenolic OH excluding ortho intramolecular Hbond substituents is 1. The summed E-state index contributed by atoms with van der Waals surface area (Å²) in [6, 6.07) is 21.8. The van der Waals surface area contributed by atoms with Crippen molar-refractivity contribution in [1.29, 1.82) is 0 Å². The Morgan fingerprint density at radius 3 is 2.33 bits per heavy atom. The Kier molecular flexibility index (Phi) is 5.17. The highest BCUT2D eigenvalue weighted by atomic mass is 16.3. The van der Waals surface area contributed by atoms with E-state index in [4.69, 9.17) is 0 Å². The zero-order valence-corrected chi connectivity index (χ0v) is 14.0. The third-order valence-corrected chi connectivity index (χ3v) is 4.66. The molecule has 0 bridgehead atoms. The Bertz CT molecular complexity index is 787. The van der Waals surface area contributed by atoms with Crippen molar-refractivity contribution in [2.75, 3.05) is 0 Å². The van der Waals surface area contributed by atoms with Crippen LogP contribution in [0.4, 0.5) is 0 Å². The Labute approximate surface area is 143 Å². The molecule has 0 aliphatic rings. The zero-order chi connectivity index (χ0) is 16.9. The monoisotopic (exact) mass is 320 g/mol. The van der Waals surface area contributed by atoms with Crippen molar-refractivity contribution >= 4 is 10.8 Å². The average Bonchev–Trinajstić information content (AvgIpc) is 2.61. The normalized spacial score (nSPS) is 13.8. The van der Waals surface area contributed by atoms with E-state index in [1.54, 1.807) is 24.3 Å². The first-order chi connectivity index (χ1) is 11.6. The number of hydrogen-bond acceptors (Lipinski definition) is 2. The Morgan fingerprint density at radius 2 is 1.54 bits per heavy atom. The summed E-state index contributed by atoms with van der Waals surface area (Å²) in [6.07, 6.45) is 2.24. The molecular formula is C22H24O2. The van der Waals surface area contributed by atoms with Crippen molar-refractivity contribution in [3.8, 4) is 5.75 Å². The molecule has 2 nitrogen and oxygen atoms in total. The highest BCUT2D eigenvalue weighted by Crippen LogP contribution is 2.26. The Morgan fingerprint density at radius 1 is 0.833 bits per heavy atom. The predicted octanol–water partition coefficient (Wildman–Crippen LogP) is 5.24. The van der Waals surface area contributed by atoms with Crippen molar-refractivity contribution < 1.29 is 10.2 Å². The van der Waals surface area contributed by atoms with E-state index in [2.05, 4.69) is 49.4 Å². The van der Waals surface area contributed by atoms with Gasteiger partial charge in [0.1, 0.15) is 5.75 Å². The second-order valence-electron chi connectivity index (χ2n) is 6.63. The number of aliphatic hydroxyl groups is 1. The predicted molar refractivity (Wildman–Crippen MR) is 99.1 cm³/mol. The van der Waals surface area contributed by atoms with Crippen molar-refractivity contribution in [1.82, 2.24) is 0 Å². The van der Waals surface area contributed by atoms with Crippen LogP contribution in [0, 0.1) is 5.92 Å². The molecule has 0 saturated heterocycles. The van der Waals surface area contributed by atoms with Gasteiger partial charge in [-0.15, -0.1) is 0 Å². The summed E-state index contributed by atoms with van der Waals surface area (Å²) in [5, 5.41) is 22.3. The van der Waals surface area contributed by atoms with E-state index < -0.39 is 6.10 Å². The smallest absolute Gasteiger partial charge is 0.115 e. The van der Waals surface area contributed by atoms with E-state index in [9.17, 15) is 10.2 Å². The van der Waals surface area contributed by atoms with Crippen LogP contribution in [0.3, 0.4) is 0 Å². The van der Waals surface area contributed by atoms with Gasteiger partial charge in [-0.3, -0.25) is 0 Å². The first kappa shape index (κ1) is 16.5. The first-order valence-electron chi connectivity index (χ1n) is 8.57. The van der Waals surface area contributed by atoms with E-state index in [1.165, 1.54) is 16.3 Å². The highest BCUT2D eigenvalue weighted by Gasteiger charge is 2.12. The van der Waals surface area contributed by atoms with Crippen LogP contribution in [0.1, 0.15) is 37.0 Å². The maximum atomic E-state index is 10.3. The summed E-state index contributed by atoms with van der Waals surface area (Å²) in [5.41, 5.74) is 2.24. The molecule has 0 saturated carbocycles. The fraction of sp³-hybridized carbons (Fsp3) is 0.273. The molecule has 0 aliphatic heterocycles. The lowest BCUT2D eigenvalue weighted by Gasteiger charge is -2.16. The summed E-state index contributed by atoms with van der Waals surface area (Å²) in [7, 11) is 0. The van der Waals surface area contributed by atoms with Crippen molar-refractivity contribution in [3.63, 3.8) is 0 Å². The number of aromatic hydroxyl groups is 1. The van der Waals surface area contributed by atoms with Crippen LogP contribution in [-0.2, 0) is 6.42 Å². The van der Waals surface area contributed by atoms with E-state index in [-0.39, 0.29) is 5.75 Å². The van der Waals surface area contributed by atoms with Gasteiger partial charge >= 0.3 is 0 Å². The van der Waals surface area contributed by atoms with Gasteiger partial charge in [-0.05, 0) is 59.2 Å². The van der Waals surface area contributed by atoms with Gasteiger partial charge in [0, 0.05) is 0 Å². The number of hydrogen-bond donors (Lipinski definition) is 2. The van der Waals surface area contributed by atoms with E-state index in [1.807, 2.05) is 0 Å². The van der Waals surface area contributed by atoms with Gasteiger partial charge in [-0.1, -0.05) is 61.5 Å². The molecular weight excluding hydrogens is 296 g/mol.